The lowest BCUT2D eigenvalue weighted by atomic mass is 9.93. The third-order valence-electron chi connectivity index (χ3n) is 3.27. The van der Waals surface area contributed by atoms with Crippen molar-refractivity contribution in [1.82, 2.24) is 4.31 Å². The van der Waals surface area contributed by atoms with E-state index in [2.05, 4.69) is 0 Å². The van der Waals surface area contributed by atoms with Gasteiger partial charge in [-0.15, -0.1) is 0 Å². The summed E-state index contributed by atoms with van der Waals surface area (Å²) in [6, 6.07) is 0.0812. The molecule has 1 unspecified atom stereocenters. The molecular formula is C10H22N2O3S. The van der Waals surface area contributed by atoms with E-state index in [9.17, 15) is 8.42 Å². The van der Waals surface area contributed by atoms with Gasteiger partial charge in [-0.05, 0) is 19.3 Å². The zero-order valence-electron chi connectivity index (χ0n) is 9.80. The molecule has 3 N–H and O–H groups in total. The topological polar surface area (TPSA) is 83.6 Å². The monoisotopic (exact) mass is 250 g/mol. The molecule has 96 valence electrons. The van der Waals surface area contributed by atoms with Crippen LogP contribution in [0.25, 0.3) is 0 Å². The molecule has 5 nitrogen and oxygen atoms in total. The van der Waals surface area contributed by atoms with Crippen LogP contribution in [0, 0.1) is 0 Å². The number of nitrogens with two attached hydrogens (primary N) is 1. The minimum atomic E-state index is -3.34. The van der Waals surface area contributed by atoms with Crippen LogP contribution in [0.1, 0.15) is 32.6 Å². The molecule has 0 spiro atoms. The fourth-order valence-corrected chi connectivity index (χ4v) is 3.99. The van der Waals surface area contributed by atoms with E-state index >= 15 is 0 Å². The van der Waals surface area contributed by atoms with Crippen molar-refractivity contribution in [3.05, 3.63) is 0 Å². The lowest BCUT2D eigenvalue weighted by Crippen LogP contribution is -2.50. The highest BCUT2D eigenvalue weighted by molar-refractivity contribution is 7.89. The Balaban J connectivity index is 2.82. The molecule has 6 heteroatoms. The number of hydrogen-bond acceptors (Lipinski definition) is 4. The summed E-state index contributed by atoms with van der Waals surface area (Å²) in [7, 11) is -3.34. The van der Waals surface area contributed by atoms with Crippen LogP contribution in [-0.4, -0.2) is 48.8 Å². The minimum Gasteiger partial charge on any atom is -0.395 e. The Bertz CT molecular complexity index is 297. The van der Waals surface area contributed by atoms with Gasteiger partial charge in [0.25, 0.3) is 0 Å². The molecule has 0 saturated heterocycles. The van der Waals surface area contributed by atoms with E-state index in [0.29, 0.717) is 6.42 Å². The molecule has 1 rings (SSSR count). The van der Waals surface area contributed by atoms with Gasteiger partial charge in [-0.2, -0.15) is 4.31 Å². The molecule has 0 aliphatic heterocycles. The summed E-state index contributed by atoms with van der Waals surface area (Å²) < 4.78 is 26.0. The average Bonchev–Trinajstić information content (AvgIpc) is 2.16. The summed E-state index contributed by atoms with van der Waals surface area (Å²) in [5.41, 5.74) is 5.49. The first-order valence-corrected chi connectivity index (χ1v) is 7.39. The largest absolute Gasteiger partial charge is 0.395 e. The van der Waals surface area contributed by atoms with Crippen molar-refractivity contribution in [3.8, 4) is 0 Å². The summed E-state index contributed by atoms with van der Waals surface area (Å²) in [6.45, 7) is 2.04. The number of rotatable bonds is 7. The second kappa shape index (κ2) is 5.95. The van der Waals surface area contributed by atoms with Crippen molar-refractivity contribution < 1.29 is 13.5 Å². The van der Waals surface area contributed by atoms with Gasteiger partial charge in [-0.3, -0.25) is 0 Å². The van der Waals surface area contributed by atoms with Crippen molar-refractivity contribution in [2.75, 3.05) is 19.7 Å². The first kappa shape index (κ1) is 13.9. The van der Waals surface area contributed by atoms with Crippen LogP contribution in [-0.2, 0) is 10.0 Å². The highest BCUT2D eigenvalue weighted by Crippen LogP contribution is 2.28. The van der Waals surface area contributed by atoms with E-state index in [4.69, 9.17) is 10.8 Å². The molecule has 0 heterocycles. The molecule has 0 aromatic rings. The SMILES string of the molecule is CCC(CN)S(=O)(=O)N(CCO)C1CCC1. The number of aliphatic hydroxyl groups excluding tert-OH is 1. The molecule has 1 fully saturated rings. The van der Waals surface area contributed by atoms with E-state index in [-0.39, 0.29) is 25.7 Å². The molecule has 0 radical (unpaired) electrons. The summed E-state index contributed by atoms with van der Waals surface area (Å²) in [4.78, 5) is 0. The molecule has 0 bridgehead atoms. The fraction of sp³-hybridized carbons (Fsp3) is 1.00. The Morgan fingerprint density at radius 1 is 1.50 bits per heavy atom. The van der Waals surface area contributed by atoms with Gasteiger partial charge in [0.15, 0.2) is 0 Å². The van der Waals surface area contributed by atoms with Crippen LogP contribution in [0.5, 0.6) is 0 Å². The Kier molecular flexibility index (Phi) is 5.17. The molecule has 1 saturated carbocycles. The van der Waals surface area contributed by atoms with Crippen molar-refractivity contribution in [1.29, 1.82) is 0 Å². The lowest BCUT2D eigenvalue weighted by molar-refractivity contribution is 0.176. The second-order valence-corrected chi connectivity index (χ2v) is 6.40. The first-order chi connectivity index (χ1) is 7.57. The summed E-state index contributed by atoms with van der Waals surface area (Å²) in [6.07, 6.45) is 3.40. The quantitative estimate of drug-likeness (QED) is 0.661. The smallest absolute Gasteiger partial charge is 0.218 e. The molecule has 0 aromatic carbocycles. The zero-order chi connectivity index (χ0) is 12.2. The average molecular weight is 250 g/mol. The van der Waals surface area contributed by atoms with Crippen LogP contribution in [0.2, 0.25) is 0 Å². The Morgan fingerprint density at radius 2 is 2.12 bits per heavy atom. The Morgan fingerprint density at radius 3 is 2.44 bits per heavy atom. The molecule has 0 aromatic heterocycles. The summed E-state index contributed by atoms with van der Waals surface area (Å²) >= 11 is 0. The Hall–Kier alpha value is -0.170. The van der Waals surface area contributed by atoms with E-state index in [1.807, 2.05) is 6.92 Å². The third-order valence-corrected chi connectivity index (χ3v) is 5.77. The predicted molar refractivity (Wildman–Crippen MR) is 63.5 cm³/mol. The maximum atomic E-state index is 12.3. The van der Waals surface area contributed by atoms with Crippen molar-refractivity contribution in [2.45, 2.75) is 43.9 Å². The van der Waals surface area contributed by atoms with Gasteiger partial charge in [0.1, 0.15) is 0 Å². The second-order valence-electron chi connectivity index (χ2n) is 4.23. The molecule has 1 atom stereocenters. The molecule has 16 heavy (non-hydrogen) atoms. The maximum absolute atomic E-state index is 12.3. The Labute approximate surface area is 97.7 Å². The molecule has 1 aliphatic rings. The van der Waals surface area contributed by atoms with E-state index in [1.54, 1.807) is 0 Å². The van der Waals surface area contributed by atoms with Crippen LogP contribution in [0.15, 0.2) is 0 Å². The van der Waals surface area contributed by atoms with E-state index in [0.717, 1.165) is 19.3 Å². The minimum absolute atomic E-state index is 0.0812. The maximum Gasteiger partial charge on any atom is 0.218 e. The number of nitrogens with zero attached hydrogens (tertiary/aromatic N) is 1. The standard InChI is InChI=1S/C10H22N2O3S/c1-2-10(8-11)16(14,15)12(6-7-13)9-4-3-5-9/h9-10,13H,2-8,11H2,1H3. The van der Waals surface area contributed by atoms with Gasteiger partial charge in [0, 0.05) is 19.1 Å². The van der Waals surface area contributed by atoms with Gasteiger partial charge in [-0.25, -0.2) is 8.42 Å². The first-order valence-electron chi connectivity index (χ1n) is 5.89. The molecule has 0 amide bonds. The van der Waals surface area contributed by atoms with Crippen molar-refractivity contribution >= 4 is 10.0 Å². The van der Waals surface area contributed by atoms with Crippen LogP contribution in [0.4, 0.5) is 0 Å². The van der Waals surface area contributed by atoms with Crippen molar-refractivity contribution in [3.63, 3.8) is 0 Å². The van der Waals surface area contributed by atoms with Crippen LogP contribution >= 0.6 is 0 Å². The van der Waals surface area contributed by atoms with Gasteiger partial charge in [0.2, 0.25) is 10.0 Å². The van der Waals surface area contributed by atoms with Gasteiger partial charge < -0.3 is 10.8 Å². The van der Waals surface area contributed by atoms with Gasteiger partial charge in [-0.1, -0.05) is 13.3 Å². The lowest BCUT2D eigenvalue weighted by Gasteiger charge is -2.38. The van der Waals surface area contributed by atoms with Gasteiger partial charge in [0.05, 0.1) is 11.9 Å². The van der Waals surface area contributed by atoms with Gasteiger partial charge >= 0.3 is 0 Å². The summed E-state index contributed by atoms with van der Waals surface area (Å²) in [5.74, 6) is 0. The van der Waals surface area contributed by atoms with E-state index in [1.165, 1.54) is 4.31 Å². The third kappa shape index (κ3) is 2.74. The number of aliphatic hydroxyl groups is 1. The van der Waals surface area contributed by atoms with Crippen LogP contribution < -0.4 is 5.73 Å². The fourth-order valence-electron chi connectivity index (χ4n) is 1.98. The molecular weight excluding hydrogens is 228 g/mol. The van der Waals surface area contributed by atoms with E-state index < -0.39 is 15.3 Å². The highest BCUT2D eigenvalue weighted by Gasteiger charge is 2.37. The van der Waals surface area contributed by atoms with Crippen LogP contribution in [0.3, 0.4) is 0 Å². The predicted octanol–water partition coefficient (Wildman–Crippen LogP) is -0.0997. The number of sulfonamides is 1. The summed E-state index contributed by atoms with van der Waals surface area (Å²) in [5, 5.41) is 8.44. The van der Waals surface area contributed by atoms with Crippen molar-refractivity contribution in [2.24, 2.45) is 5.73 Å². The number of hydrogen-bond donors (Lipinski definition) is 2. The highest BCUT2D eigenvalue weighted by atomic mass is 32.2. The normalized spacial score (nSPS) is 19.8. The molecule has 1 aliphatic carbocycles. The zero-order valence-corrected chi connectivity index (χ0v) is 10.6.